The van der Waals surface area contributed by atoms with Crippen LogP contribution < -0.4 is 5.32 Å². The SMILES string of the molecule is CCCCCC1CCNCC1O. The smallest absolute Gasteiger partial charge is 0.0693 e. The molecule has 0 saturated carbocycles. The van der Waals surface area contributed by atoms with Crippen LogP contribution in [0.15, 0.2) is 0 Å². The first kappa shape index (κ1) is 10.0. The first-order valence-corrected chi connectivity index (χ1v) is 5.23. The molecule has 0 bridgehead atoms. The van der Waals surface area contributed by atoms with Crippen LogP contribution in [0.25, 0.3) is 0 Å². The monoisotopic (exact) mass is 171 g/mol. The minimum atomic E-state index is -0.0874. The van der Waals surface area contributed by atoms with Crippen molar-refractivity contribution in [3.8, 4) is 0 Å². The number of nitrogens with one attached hydrogen (secondary N) is 1. The fourth-order valence-electron chi connectivity index (χ4n) is 1.89. The van der Waals surface area contributed by atoms with Gasteiger partial charge in [0.05, 0.1) is 6.10 Å². The summed E-state index contributed by atoms with van der Waals surface area (Å²) in [7, 11) is 0. The van der Waals surface area contributed by atoms with Crippen LogP contribution in [0.4, 0.5) is 0 Å². The van der Waals surface area contributed by atoms with Gasteiger partial charge >= 0.3 is 0 Å². The third kappa shape index (κ3) is 3.11. The fraction of sp³-hybridized carbons (Fsp3) is 1.00. The third-order valence-electron chi connectivity index (χ3n) is 2.77. The third-order valence-corrected chi connectivity index (χ3v) is 2.77. The van der Waals surface area contributed by atoms with E-state index < -0.39 is 0 Å². The molecule has 12 heavy (non-hydrogen) atoms. The van der Waals surface area contributed by atoms with Crippen LogP contribution in [0.2, 0.25) is 0 Å². The lowest BCUT2D eigenvalue weighted by atomic mass is 9.90. The number of piperidine rings is 1. The summed E-state index contributed by atoms with van der Waals surface area (Å²) in [4.78, 5) is 0. The predicted molar refractivity (Wildman–Crippen MR) is 51.1 cm³/mol. The molecule has 0 spiro atoms. The van der Waals surface area contributed by atoms with Crippen LogP contribution >= 0.6 is 0 Å². The molecule has 2 unspecified atom stereocenters. The van der Waals surface area contributed by atoms with Gasteiger partial charge in [0.25, 0.3) is 0 Å². The summed E-state index contributed by atoms with van der Waals surface area (Å²) < 4.78 is 0. The summed E-state index contributed by atoms with van der Waals surface area (Å²) in [6.07, 6.45) is 6.17. The van der Waals surface area contributed by atoms with Crippen LogP contribution in [0.3, 0.4) is 0 Å². The van der Waals surface area contributed by atoms with E-state index in [-0.39, 0.29) is 6.10 Å². The molecule has 0 amide bonds. The Morgan fingerprint density at radius 2 is 2.25 bits per heavy atom. The fourth-order valence-corrected chi connectivity index (χ4v) is 1.89. The van der Waals surface area contributed by atoms with E-state index >= 15 is 0 Å². The van der Waals surface area contributed by atoms with Gasteiger partial charge in [-0.05, 0) is 25.3 Å². The van der Waals surface area contributed by atoms with E-state index in [1.54, 1.807) is 0 Å². The second kappa shape index (κ2) is 5.55. The first-order valence-electron chi connectivity index (χ1n) is 5.23. The average molecular weight is 171 g/mol. The highest BCUT2D eigenvalue weighted by Gasteiger charge is 2.21. The van der Waals surface area contributed by atoms with Gasteiger partial charge in [0.1, 0.15) is 0 Å². The van der Waals surface area contributed by atoms with Gasteiger partial charge < -0.3 is 10.4 Å². The van der Waals surface area contributed by atoms with E-state index in [2.05, 4.69) is 12.2 Å². The highest BCUT2D eigenvalue weighted by Crippen LogP contribution is 2.19. The Kier molecular flexibility index (Phi) is 4.62. The molecule has 0 radical (unpaired) electrons. The Morgan fingerprint density at radius 1 is 1.42 bits per heavy atom. The molecule has 1 aliphatic heterocycles. The Labute approximate surface area is 75.4 Å². The molecule has 1 rings (SSSR count). The summed E-state index contributed by atoms with van der Waals surface area (Å²) in [5, 5.41) is 12.8. The lowest BCUT2D eigenvalue weighted by molar-refractivity contribution is 0.0757. The average Bonchev–Trinajstić information content (AvgIpc) is 2.09. The molecule has 2 nitrogen and oxygen atoms in total. The number of aliphatic hydroxyl groups is 1. The van der Waals surface area contributed by atoms with Crippen LogP contribution in [0, 0.1) is 5.92 Å². The largest absolute Gasteiger partial charge is 0.392 e. The zero-order valence-corrected chi connectivity index (χ0v) is 8.05. The molecule has 1 saturated heterocycles. The Balaban J connectivity index is 2.11. The van der Waals surface area contributed by atoms with E-state index in [9.17, 15) is 5.11 Å². The van der Waals surface area contributed by atoms with Crippen LogP contribution in [-0.2, 0) is 0 Å². The number of unbranched alkanes of at least 4 members (excludes halogenated alkanes) is 2. The topological polar surface area (TPSA) is 32.3 Å². The molecule has 2 heteroatoms. The lowest BCUT2D eigenvalue weighted by Crippen LogP contribution is -2.40. The molecule has 0 aromatic heterocycles. The molecule has 1 heterocycles. The Bertz CT molecular complexity index is 116. The van der Waals surface area contributed by atoms with Gasteiger partial charge in [-0.25, -0.2) is 0 Å². The summed E-state index contributed by atoms with van der Waals surface area (Å²) in [6.45, 7) is 4.11. The summed E-state index contributed by atoms with van der Waals surface area (Å²) in [5.41, 5.74) is 0. The summed E-state index contributed by atoms with van der Waals surface area (Å²) >= 11 is 0. The van der Waals surface area contributed by atoms with E-state index in [1.807, 2.05) is 0 Å². The van der Waals surface area contributed by atoms with Crippen LogP contribution in [0.5, 0.6) is 0 Å². The minimum absolute atomic E-state index is 0.0874. The van der Waals surface area contributed by atoms with Crippen molar-refractivity contribution in [1.82, 2.24) is 5.32 Å². The van der Waals surface area contributed by atoms with E-state index in [0.717, 1.165) is 19.5 Å². The zero-order valence-electron chi connectivity index (χ0n) is 8.05. The van der Waals surface area contributed by atoms with E-state index in [4.69, 9.17) is 0 Å². The molecule has 2 atom stereocenters. The molecule has 2 N–H and O–H groups in total. The second-order valence-electron chi connectivity index (χ2n) is 3.82. The molecule has 0 aromatic rings. The molecular formula is C10H21NO. The van der Waals surface area contributed by atoms with Gasteiger partial charge in [-0.2, -0.15) is 0 Å². The molecule has 0 aliphatic carbocycles. The molecule has 1 aliphatic rings. The van der Waals surface area contributed by atoms with E-state index in [1.165, 1.54) is 25.7 Å². The van der Waals surface area contributed by atoms with Crippen molar-refractivity contribution in [2.45, 2.75) is 45.1 Å². The van der Waals surface area contributed by atoms with Gasteiger partial charge in [0.15, 0.2) is 0 Å². The lowest BCUT2D eigenvalue weighted by Gasteiger charge is -2.28. The van der Waals surface area contributed by atoms with Crippen molar-refractivity contribution in [2.24, 2.45) is 5.92 Å². The number of hydrogen-bond donors (Lipinski definition) is 2. The maximum atomic E-state index is 9.61. The number of β-amino-alcohol motifs (C(OH)–C–C–N with tert-alkyl or cyclic N) is 1. The quantitative estimate of drug-likeness (QED) is 0.629. The second-order valence-corrected chi connectivity index (χ2v) is 3.82. The summed E-state index contributed by atoms with van der Waals surface area (Å²) in [5.74, 6) is 0.567. The highest BCUT2D eigenvalue weighted by atomic mass is 16.3. The van der Waals surface area contributed by atoms with Crippen molar-refractivity contribution in [2.75, 3.05) is 13.1 Å². The molecule has 1 fully saturated rings. The first-order chi connectivity index (χ1) is 5.84. The molecule has 72 valence electrons. The highest BCUT2D eigenvalue weighted by molar-refractivity contribution is 4.76. The predicted octanol–water partition coefficient (Wildman–Crippen LogP) is 1.54. The zero-order chi connectivity index (χ0) is 8.81. The Hall–Kier alpha value is -0.0800. The standard InChI is InChI=1S/C10H21NO/c1-2-3-4-5-9-6-7-11-8-10(9)12/h9-12H,2-8H2,1H3. The Morgan fingerprint density at radius 3 is 2.92 bits per heavy atom. The minimum Gasteiger partial charge on any atom is -0.392 e. The number of rotatable bonds is 4. The summed E-state index contributed by atoms with van der Waals surface area (Å²) in [6, 6.07) is 0. The van der Waals surface area contributed by atoms with E-state index in [0.29, 0.717) is 5.92 Å². The van der Waals surface area contributed by atoms with Gasteiger partial charge in [-0.1, -0.05) is 26.2 Å². The van der Waals surface area contributed by atoms with Crippen molar-refractivity contribution >= 4 is 0 Å². The maximum absolute atomic E-state index is 9.61. The molecular weight excluding hydrogens is 150 g/mol. The van der Waals surface area contributed by atoms with Crippen molar-refractivity contribution in [3.05, 3.63) is 0 Å². The van der Waals surface area contributed by atoms with Crippen LogP contribution in [0.1, 0.15) is 39.0 Å². The normalized spacial score (nSPS) is 30.5. The number of hydrogen-bond acceptors (Lipinski definition) is 2. The van der Waals surface area contributed by atoms with Gasteiger partial charge in [-0.15, -0.1) is 0 Å². The molecule has 0 aromatic carbocycles. The van der Waals surface area contributed by atoms with Crippen LogP contribution in [-0.4, -0.2) is 24.3 Å². The van der Waals surface area contributed by atoms with Gasteiger partial charge in [-0.3, -0.25) is 0 Å². The maximum Gasteiger partial charge on any atom is 0.0693 e. The van der Waals surface area contributed by atoms with Gasteiger partial charge in [0.2, 0.25) is 0 Å². The van der Waals surface area contributed by atoms with Crippen molar-refractivity contribution in [3.63, 3.8) is 0 Å². The van der Waals surface area contributed by atoms with Gasteiger partial charge in [0, 0.05) is 6.54 Å². The number of aliphatic hydroxyl groups excluding tert-OH is 1. The van der Waals surface area contributed by atoms with Crippen molar-refractivity contribution < 1.29 is 5.11 Å². The van der Waals surface area contributed by atoms with Crippen molar-refractivity contribution in [1.29, 1.82) is 0 Å².